The molecule has 23 heavy (non-hydrogen) atoms. The summed E-state index contributed by atoms with van der Waals surface area (Å²) >= 11 is 0. The molecule has 3 heterocycles. The third kappa shape index (κ3) is 3.73. The lowest BCUT2D eigenvalue weighted by Crippen LogP contribution is -2.46. The molecule has 0 bridgehead atoms. The van der Waals surface area contributed by atoms with Crippen LogP contribution in [-0.2, 0) is 11.3 Å². The molecule has 2 atom stereocenters. The van der Waals surface area contributed by atoms with E-state index >= 15 is 0 Å². The molecule has 2 unspecified atom stereocenters. The third-order valence-corrected chi connectivity index (χ3v) is 4.26. The molecule has 0 aliphatic carbocycles. The van der Waals surface area contributed by atoms with Crippen LogP contribution in [0.1, 0.15) is 25.3 Å². The molecule has 7 heteroatoms. The van der Waals surface area contributed by atoms with Crippen LogP contribution in [0.4, 0.5) is 5.95 Å². The SMILES string of the molecule is Cc1cnn(CC2CCCN2C(C)C(=O)Nc2ncccn2)c1. The molecule has 2 aromatic rings. The van der Waals surface area contributed by atoms with E-state index in [1.807, 2.05) is 30.9 Å². The smallest absolute Gasteiger partial charge is 0.243 e. The van der Waals surface area contributed by atoms with Gasteiger partial charge in [0.25, 0.3) is 0 Å². The number of hydrogen-bond donors (Lipinski definition) is 1. The van der Waals surface area contributed by atoms with Crippen molar-refractivity contribution in [3.63, 3.8) is 0 Å². The van der Waals surface area contributed by atoms with Gasteiger partial charge in [0, 0.05) is 24.6 Å². The van der Waals surface area contributed by atoms with Crippen LogP contribution in [0.5, 0.6) is 0 Å². The van der Waals surface area contributed by atoms with Gasteiger partial charge in [-0.25, -0.2) is 9.97 Å². The second kappa shape index (κ2) is 6.87. The highest BCUT2D eigenvalue weighted by Crippen LogP contribution is 2.22. The molecule has 122 valence electrons. The highest BCUT2D eigenvalue weighted by atomic mass is 16.2. The Balaban J connectivity index is 1.63. The Morgan fingerprint density at radius 2 is 2.22 bits per heavy atom. The zero-order valence-corrected chi connectivity index (χ0v) is 13.5. The summed E-state index contributed by atoms with van der Waals surface area (Å²) in [6.45, 7) is 5.71. The van der Waals surface area contributed by atoms with Crippen LogP contribution in [0.25, 0.3) is 0 Å². The second-order valence-electron chi connectivity index (χ2n) is 6.01. The second-order valence-corrected chi connectivity index (χ2v) is 6.01. The number of anilines is 1. The molecule has 1 N–H and O–H groups in total. The molecule has 0 aromatic carbocycles. The first-order valence-electron chi connectivity index (χ1n) is 7.96. The van der Waals surface area contributed by atoms with E-state index in [0.717, 1.165) is 31.5 Å². The lowest BCUT2D eigenvalue weighted by molar-refractivity contribution is -0.121. The third-order valence-electron chi connectivity index (χ3n) is 4.26. The highest BCUT2D eigenvalue weighted by molar-refractivity contribution is 5.93. The minimum absolute atomic E-state index is 0.0697. The zero-order chi connectivity index (χ0) is 16.2. The van der Waals surface area contributed by atoms with Gasteiger partial charge in [0.15, 0.2) is 0 Å². The van der Waals surface area contributed by atoms with Gasteiger partial charge >= 0.3 is 0 Å². The van der Waals surface area contributed by atoms with Crippen LogP contribution < -0.4 is 5.32 Å². The van der Waals surface area contributed by atoms with E-state index < -0.39 is 0 Å². The number of amides is 1. The molecular formula is C16H22N6O. The van der Waals surface area contributed by atoms with Crippen molar-refractivity contribution >= 4 is 11.9 Å². The van der Waals surface area contributed by atoms with Crippen LogP contribution in [0.2, 0.25) is 0 Å². The monoisotopic (exact) mass is 314 g/mol. The first-order chi connectivity index (χ1) is 11.1. The first kappa shape index (κ1) is 15.6. The zero-order valence-electron chi connectivity index (χ0n) is 13.5. The minimum atomic E-state index is -0.219. The van der Waals surface area contributed by atoms with E-state index in [9.17, 15) is 4.79 Å². The van der Waals surface area contributed by atoms with Crippen LogP contribution >= 0.6 is 0 Å². The van der Waals surface area contributed by atoms with Crippen LogP contribution in [0.15, 0.2) is 30.9 Å². The van der Waals surface area contributed by atoms with Crippen LogP contribution in [-0.4, -0.2) is 49.2 Å². The van der Waals surface area contributed by atoms with Crippen LogP contribution in [0.3, 0.4) is 0 Å². The average molecular weight is 314 g/mol. The summed E-state index contributed by atoms with van der Waals surface area (Å²) in [7, 11) is 0. The number of nitrogens with zero attached hydrogens (tertiary/aromatic N) is 5. The maximum Gasteiger partial charge on any atom is 0.243 e. The van der Waals surface area contributed by atoms with Crippen molar-refractivity contribution in [3.8, 4) is 0 Å². The van der Waals surface area contributed by atoms with Gasteiger partial charge in [-0.2, -0.15) is 5.10 Å². The number of likely N-dealkylation sites (tertiary alicyclic amines) is 1. The number of nitrogens with one attached hydrogen (secondary N) is 1. The molecule has 7 nitrogen and oxygen atoms in total. The molecular weight excluding hydrogens is 292 g/mol. The molecule has 1 saturated heterocycles. The van der Waals surface area contributed by atoms with E-state index in [2.05, 4.69) is 25.3 Å². The normalized spacial score (nSPS) is 19.7. The standard InChI is InChI=1S/C16H22N6O/c1-12-9-19-21(10-12)11-14-5-3-8-22(14)13(2)15(23)20-16-17-6-4-7-18-16/h4,6-7,9-10,13-14H,3,5,8,11H2,1-2H3,(H,17,18,20,23). The van der Waals surface area contributed by atoms with Gasteiger partial charge in [0.05, 0.1) is 18.8 Å². The summed E-state index contributed by atoms with van der Waals surface area (Å²) in [6, 6.07) is 1.83. The summed E-state index contributed by atoms with van der Waals surface area (Å²) in [5.41, 5.74) is 1.15. The van der Waals surface area contributed by atoms with Gasteiger partial charge in [-0.3, -0.25) is 19.7 Å². The number of rotatable bonds is 5. The Hall–Kier alpha value is -2.28. The minimum Gasteiger partial charge on any atom is -0.293 e. The summed E-state index contributed by atoms with van der Waals surface area (Å²) in [4.78, 5) is 22.8. The van der Waals surface area contributed by atoms with E-state index in [4.69, 9.17) is 0 Å². The number of aryl methyl sites for hydroxylation is 1. The van der Waals surface area contributed by atoms with E-state index in [1.54, 1.807) is 18.5 Å². The van der Waals surface area contributed by atoms with Crippen molar-refractivity contribution in [2.45, 2.75) is 45.3 Å². The summed E-state index contributed by atoms with van der Waals surface area (Å²) in [5.74, 6) is 0.280. The van der Waals surface area contributed by atoms with Crippen molar-refractivity contribution < 1.29 is 4.79 Å². The van der Waals surface area contributed by atoms with Crippen LogP contribution in [0, 0.1) is 6.92 Å². The van der Waals surface area contributed by atoms with Gasteiger partial charge in [-0.05, 0) is 44.9 Å². The van der Waals surface area contributed by atoms with Gasteiger partial charge in [0.1, 0.15) is 0 Å². The molecule has 1 aliphatic heterocycles. The highest BCUT2D eigenvalue weighted by Gasteiger charge is 2.32. The van der Waals surface area contributed by atoms with Crippen molar-refractivity contribution in [3.05, 3.63) is 36.4 Å². The number of carbonyl (C=O) groups is 1. The summed E-state index contributed by atoms with van der Waals surface area (Å²) in [5, 5.41) is 7.14. The molecule has 1 aliphatic rings. The quantitative estimate of drug-likeness (QED) is 0.904. The number of hydrogen-bond acceptors (Lipinski definition) is 5. The van der Waals surface area contributed by atoms with E-state index in [0.29, 0.717) is 12.0 Å². The molecule has 1 amide bonds. The first-order valence-corrected chi connectivity index (χ1v) is 7.96. The van der Waals surface area contributed by atoms with Crippen molar-refractivity contribution in [2.24, 2.45) is 0 Å². The number of carbonyl (C=O) groups excluding carboxylic acids is 1. The van der Waals surface area contributed by atoms with Crippen molar-refractivity contribution in [1.82, 2.24) is 24.6 Å². The average Bonchev–Trinajstić information content (AvgIpc) is 3.17. The molecule has 3 rings (SSSR count). The van der Waals surface area contributed by atoms with E-state index in [1.165, 1.54) is 0 Å². The van der Waals surface area contributed by atoms with Crippen molar-refractivity contribution in [2.75, 3.05) is 11.9 Å². The summed E-state index contributed by atoms with van der Waals surface area (Å²) < 4.78 is 1.96. The number of aromatic nitrogens is 4. The van der Waals surface area contributed by atoms with Crippen molar-refractivity contribution in [1.29, 1.82) is 0 Å². The summed E-state index contributed by atoms with van der Waals surface area (Å²) in [6.07, 6.45) is 9.32. The molecule has 1 fully saturated rings. The topological polar surface area (TPSA) is 75.9 Å². The van der Waals surface area contributed by atoms with E-state index in [-0.39, 0.29) is 11.9 Å². The van der Waals surface area contributed by atoms with Gasteiger partial charge in [0.2, 0.25) is 11.9 Å². The fraction of sp³-hybridized carbons (Fsp3) is 0.500. The predicted octanol–water partition coefficient (Wildman–Crippen LogP) is 1.47. The van der Waals surface area contributed by atoms with Gasteiger partial charge in [-0.15, -0.1) is 0 Å². The Labute approximate surface area is 135 Å². The molecule has 0 saturated carbocycles. The Kier molecular flexibility index (Phi) is 4.66. The Bertz CT molecular complexity index is 656. The molecule has 2 aromatic heterocycles. The molecule has 0 radical (unpaired) electrons. The maximum atomic E-state index is 12.4. The fourth-order valence-electron chi connectivity index (χ4n) is 3.08. The Morgan fingerprint density at radius 3 is 2.91 bits per heavy atom. The maximum absolute atomic E-state index is 12.4. The Morgan fingerprint density at radius 1 is 1.43 bits per heavy atom. The largest absolute Gasteiger partial charge is 0.293 e. The van der Waals surface area contributed by atoms with Gasteiger partial charge < -0.3 is 0 Å². The lowest BCUT2D eigenvalue weighted by atomic mass is 10.2. The predicted molar refractivity (Wildman–Crippen MR) is 86.8 cm³/mol. The van der Waals surface area contributed by atoms with Gasteiger partial charge in [-0.1, -0.05) is 0 Å². The lowest BCUT2D eigenvalue weighted by Gasteiger charge is -2.29. The molecule has 0 spiro atoms. The fourth-order valence-corrected chi connectivity index (χ4v) is 3.08.